The highest BCUT2D eigenvalue weighted by atomic mass is 16.5. The Morgan fingerprint density at radius 3 is 2.53 bits per heavy atom. The van der Waals surface area contributed by atoms with Crippen molar-refractivity contribution in [3.63, 3.8) is 0 Å². The number of amides is 1. The summed E-state index contributed by atoms with van der Waals surface area (Å²) in [4.78, 5) is 27.3. The Labute approximate surface area is 187 Å². The van der Waals surface area contributed by atoms with Crippen LogP contribution < -0.4 is 5.32 Å². The molecule has 7 nitrogen and oxygen atoms in total. The van der Waals surface area contributed by atoms with Gasteiger partial charge in [-0.2, -0.15) is 0 Å². The molecule has 3 aromatic rings. The molecule has 1 amide bonds. The predicted octanol–water partition coefficient (Wildman–Crippen LogP) is 3.52. The van der Waals surface area contributed by atoms with E-state index < -0.39 is 5.97 Å². The van der Waals surface area contributed by atoms with Crippen LogP contribution in [0.15, 0.2) is 59.0 Å². The van der Waals surface area contributed by atoms with E-state index in [9.17, 15) is 9.59 Å². The number of para-hydroxylation sites is 1. The van der Waals surface area contributed by atoms with Crippen LogP contribution in [0, 0.1) is 0 Å². The molecular weight excluding hydrogens is 408 g/mol. The fourth-order valence-electron chi connectivity index (χ4n) is 4.09. The van der Waals surface area contributed by atoms with Gasteiger partial charge in [0.2, 0.25) is 5.76 Å². The molecule has 2 aromatic carbocycles. The van der Waals surface area contributed by atoms with Gasteiger partial charge >= 0.3 is 5.97 Å². The van der Waals surface area contributed by atoms with Crippen molar-refractivity contribution < 1.29 is 23.5 Å². The van der Waals surface area contributed by atoms with Gasteiger partial charge in [-0.15, -0.1) is 0 Å². The number of fused-ring (bicyclic) bond motifs is 1. The Morgan fingerprint density at radius 2 is 1.78 bits per heavy atom. The summed E-state index contributed by atoms with van der Waals surface area (Å²) in [6.45, 7) is 2.63. The number of nitrogens with one attached hydrogen (secondary N) is 1. The Bertz CT molecular complexity index is 1050. The largest absolute Gasteiger partial charge is 0.450 e. The Balaban J connectivity index is 1.25. The van der Waals surface area contributed by atoms with Crippen molar-refractivity contribution in [2.45, 2.75) is 32.0 Å². The number of methoxy groups -OCH3 is 1. The van der Waals surface area contributed by atoms with Crippen molar-refractivity contribution >= 4 is 22.8 Å². The lowest BCUT2D eigenvalue weighted by Crippen LogP contribution is -2.45. The molecule has 1 N–H and O–H groups in total. The summed E-state index contributed by atoms with van der Waals surface area (Å²) in [6.07, 6.45) is 1.74. The van der Waals surface area contributed by atoms with Crippen molar-refractivity contribution in [1.29, 1.82) is 0 Å². The minimum absolute atomic E-state index is 0.0788. The summed E-state index contributed by atoms with van der Waals surface area (Å²) in [5.41, 5.74) is 2.50. The molecule has 0 radical (unpaired) electrons. The second-order valence-corrected chi connectivity index (χ2v) is 8.02. The molecule has 0 aliphatic carbocycles. The fourth-order valence-corrected chi connectivity index (χ4v) is 4.09. The van der Waals surface area contributed by atoms with Gasteiger partial charge in [0.25, 0.3) is 5.91 Å². The topological polar surface area (TPSA) is 81.0 Å². The third kappa shape index (κ3) is 5.36. The zero-order valence-corrected chi connectivity index (χ0v) is 18.2. The second kappa shape index (κ2) is 10.4. The number of hydrogen-bond acceptors (Lipinski definition) is 6. The molecule has 0 bridgehead atoms. The zero-order chi connectivity index (χ0) is 22.3. The summed E-state index contributed by atoms with van der Waals surface area (Å²) < 4.78 is 16.1. The Hall–Kier alpha value is -3.16. The number of hydrogen-bond donors (Lipinski definition) is 1. The maximum atomic E-state index is 12.6. The van der Waals surface area contributed by atoms with E-state index in [4.69, 9.17) is 13.9 Å². The quantitative estimate of drug-likeness (QED) is 0.544. The van der Waals surface area contributed by atoms with E-state index in [0.29, 0.717) is 11.1 Å². The lowest BCUT2D eigenvalue weighted by atomic mass is 10.0. The summed E-state index contributed by atoms with van der Waals surface area (Å²) in [5.74, 6) is -0.889. The molecule has 0 unspecified atom stereocenters. The van der Waals surface area contributed by atoms with Crippen LogP contribution in [-0.2, 0) is 27.4 Å². The van der Waals surface area contributed by atoms with Gasteiger partial charge in [0.1, 0.15) is 5.58 Å². The maximum Gasteiger partial charge on any atom is 0.375 e. The zero-order valence-electron chi connectivity index (χ0n) is 18.2. The normalized spacial score (nSPS) is 15.0. The van der Waals surface area contributed by atoms with Gasteiger partial charge in [0, 0.05) is 43.7 Å². The third-order valence-corrected chi connectivity index (χ3v) is 5.71. The number of carbonyl (C=O) groups excluding carboxylic acids is 2. The number of ether oxygens (including phenoxy) is 2. The molecule has 1 aliphatic rings. The average Bonchev–Trinajstić information content (AvgIpc) is 3.18. The minimum atomic E-state index is -0.666. The third-order valence-electron chi connectivity index (χ3n) is 5.71. The van der Waals surface area contributed by atoms with Crippen molar-refractivity contribution in [2.75, 3.05) is 26.8 Å². The lowest BCUT2D eigenvalue weighted by molar-refractivity contribution is -0.125. The molecule has 4 rings (SSSR count). The molecule has 7 heteroatoms. The highest BCUT2D eigenvalue weighted by Gasteiger charge is 2.24. The molecule has 1 aromatic heterocycles. The number of rotatable bonds is 8. The molecule has 168 valence electrons. The van der Waals surface area contributed by atoms with E-state index >= 15 is 0 Å². The van der Waals surface area contributed by atoms with Gasteiger partial charge < -0.3 is 19.2 Å². The summed E-state index contributed by atoms with van der Waals surface area (Å²) in [6, 6.07) is 17.8. The van der Waals surface area contributed by atoms with Gasteiger partial charge in [-0.1, -0.05) is 48.5 Å². The van der Waals surface area contributed by atoms with Crippen LogP contribution in [0.1, 0.15) is 34.5 Å². The van der Waals surface area contributed by atoms with E-state index in [1.54, 1.807) is 13.2 Å². The van der Waals surface area contributed by atoms with Gasteiger partial charge in [-0.25, -0.2) is 4.79 Å². The molecule has 0 saturated carbocycles. The van der Waals surface area contributed by atoms with Gasteiger partial charge in [0.15, 0.2) is 6.61 Å². The first-order valence-electron chi connectivity index (χ1n) is 10.9. The molecule has 32 heavy (non-hydrogen) atoms. The van der Waals surface area contributed by atoms with Crippen LogP contribution in [0.2, 0.25) is 0 Å². The highest BCUT2D eigenvalue weighted by Crippen LogP contribution is 2.27. The van der Waals surface area contributed by atoms with Crippen molar-refractivity contribution in [1.82, 2.24) is 10.2 Å². The molecule has 0 spiro atoms. The van der Waals surface area contributed by atoms with Crippen LogP contribution in [0.4, 0.5) is 0 Å². The summed E-state index contributed by atoms with van der Waals surface area (Å²) in [5, 5.41) is 3.78. The van der Waals surface area contributed by atoms with Crippen LogP contribution in [0.25, 0.3) is 11.0 Å². The predicted molar refractivity (Wildman–Crippen MR) is 120 cm³/mol. The van der Waals surface area contributed by atoms with Crippen LogP contribution >= 0.6 is 0 Å². The van der Waals surface area contributed by atoms with Gasteiger partial charge in [-0.3, -0.25) is 9.69 Å². The smallest absolute Gasteiger partial charge is 0.375 e. The van der Waals surface area contributed by atoms with Crippen LogP contribution in [-0.4, -0.2) is 49.6 Å². The van der Waals surface area contributed by atoms with Crippen LogP contribution in [0.5, 0.6) is 0 Å². The highest BCUT2D eigenvalue weighted by molar-refractivity contribution is 5.96. The molecule has 0 atom stereocenters. The average molecular weight is 437 g/mol. The first kappa shape index (κ1) is 22.0. The van der Waals surface area contributed by atoms with E-state index in [2.05, 4.69) is 22.3 Å². The van der Waals surface area contributed by atoms with Crippen molar-refractivity contribution in [2.24, 2.45) is 0 Å². The van der Waals surface area contributed by atoms with Crippen molar-refractivity contribution in [3.8, 4) is 0 Å². The monoisotopic (exact) mass is 436 g/mol. The number of piperidine rings is 1. The van der Waals surface area contributed by atoms with E-state index in [1.165, 1.54) is 5.56 Å². The Morgan fingerprint density at radius 1 is 1.06 bits per heavy atom. The number of esters is 1. The first-order chi connectivity index (χ1) is 15.6. The molecular formula is C25H28N2O5. The number of benzene rings is 2. The fraction of sp³-hybridized carbons (Fsp3) is 0.360. The Kier molecular flexibility index (Phi) is 7.19. The summed E-state index contributed by atoms with van der Waals surface area (Å²) in [7, 11) is 1.55. The first-order valence-corrected chi connectivity index (χ1v) is 10.9. The van der Waals surface area contributed by atoms with E-state index in [0.717, 1.165) is 37.9 Å². The molecule has 1 fully saturated rings. The van der Waals surface area contributed by atoms with E-state index in [-0.39, 0.29) is 30.9 Å². The van der Waals surface area contributed by atoms with Gasteiger partial charge in [0.05, 0.1) is 6.61 Å². The number of furan rings is 1. The minimum Gasteiger partial charge on any atom is -0.450 e. The van der Waals surface area contributed by atoms with Crippen molar-refractivity contribution in [3.05, 3.63) is 71.5 Å². The number of nitrogens with zero attached hydrogens (tertiary/aromatic N) is 1. The molecule has 2 heterocycles. The number of likely N-dealkylation sites (tertiary alicyclic amines) is 1. The van der Waals surface area contributed by atoms with E-state index in [1.807, 2.05) is 36.4 Å². The maximum absolute atomic E-state index is 12.6. The lowest BCUT2D eigenvalue weighted by Gasteiger charge is -2.32. The van der Waals surface area contributed by atoms with Gasteiger partial charge in [-0.05, 0) is 24.5 Å². The standard InChI is InChI=1S/C25H28N2O5/c1-30-16-21-20-9-5-6-10-22(20)32-24(21)25(29)31-17-23(28)26-19-11-13-27(14-12-19)15-18-7-3-2-4-8-18/h2-10,19H,11-17H2,1H3,(H,26,28). The SMILES string of the molecule is COCc1c(C(=O)OCC(=O)NC2CCN(Cc3ccccc3)CC2)oc2ccccc12. The second-order valence-electron chi connectivity index (χ2n) is 8.02. The van der Waals surface area contributed by atoms with Crippen LogP contribution in [0.3, 0.4) is 0 Å². The molecule has 1 saturated heterocycles. The number of carbonyl (C=O) groups is 2. The molecule has 1 aliphatic heterocycles. The summed E-state index contributed by atoms with van der Waals surface area (Å²) >= 11 is 0.